The number of halogens is 2. The normalized spacial score (nSPS) is 10.9. The fraction of sp³-hybridized carbons (Fsp3) is 0.0833. The molecule has 0 aliphatic rings. The smallest absolute Gasteiger partial charge is 0.364 e. The quantitative estimate of drug-likeness (QED) is 0.772. The van der Waals surface area contributed by atoms with Crippen LogP contribution in [0.2, 0.25) is 5.02 Å². The Morgan fingerprint density at radius 2 is 2.20 bits per heavy atom. The lowest BCUT2D eigenvalue weighted by molar-refractivity contribution is 0.627. The summed E-state index contributed by atoms with van der Waals surface area (Å²) in [4.78, 5) is 11.4. The van der Waals surface area contributed by atoms with Gasteiger partial charge in [0, 0.05) is 6.54 Å². The summed E-state index contributed by atoms with van der Waals surface area (Å²) in [6.07, 6.45) is 0. The van der Waals surface area contributed by atoms with Crippen LogP contribution in [0.4, 0.5) is 10.2 Å². The largest absolute Gasteiger partial charge is 0.365 e. The van der Waals surface area contributed by atoms with Gasteiger partial charge in [-0.25, -0.2) is 14.3 Å². The molecule has 20 heavy (non-hydrogen) atoms. The van der Waals surface area contributed by atoms with Crippen LogP contribution in [-0.2, 0) is 6.54 Å². The maximum absolute atomic E-state index is 13.0. The topological polar surface area (TPSA) is 75.1 Å². The third-order valence-corrected chi connectivity index (χ3v) is 3.02. The second-order valence-electron chi connectivity index (χ2n) is 4.12. The molecule has 1 aromatic carbocycles. The van der Waals surface area contributed by atoms with Crippen LogP contribution in [0.3, 0.4) is 0 Å². The molecule has 0 atom stereocenters. The number of fused-ring (bicyclic) bond motifs is 1. The van der Waals surface area contributed by atoms with Crippen LogP contribution in [0.1, 0.15) is 5.56 Å². The highest BCUT2D eigenvalue weighted by Gasteiger charge is 2.04. The Morgan fingerprint density at radius 1 is 1.35 bits per heavy atom. The van der Waals surface area contributed by atoms with Crippen molar-refractivity contribution in [2.45, 2.75) is 6.54 Å². The molecule has 0 radical (unpaired) electrons. The molecule has 3 rings (SSSR count). The average Bonchev–Trinajstić information content (AvgIpc) is 2.81. The summed E-state index contributed by atoms with van der Waals surface area (Å²) in [5.41, 5.74) is 0.830. The molecule has 0 spiro atoms. The molecule has 2 N–H and O–H groups in total. The van der Waals surface area contributed by atoms with Gasteiger partial charge in [-0.15, -0.1) is 5.10 Å². The second kappa shape index (κ2) is 4.93. The number of nitrogens with one attached hydrogen (secondary N) is 2. The summed E-state index contributed by atoms with van der Waals surface area (Å²) >= 11 is 5.70. The van der Waals surface area contributed by atoms with Crippen LogP contribution in [-0.4, -0.2) is 19.8 Å². The fourth-order valence-corrected chi connectivity index (χ4v) is 1.94. The minimum atomic E-state index is -0.458. The maximum Gasteiger partial charge on any atom is 0.364 e. The van der Waals surface area contributed by atoms with E-state index in [2.05, 4.69) is 20.6 Å². The molecule has 0 unspecified atom stereocenters. The number of benzene rings is 1. The molecule has 102 valence electrons. The zero-order valence-corrected chi connectivity index (χ0v) is 10.9. The molecule has 0 aliphatic carbocycles. The number of hydrogen-bond acceptors (Lipinski definition) is 4. The molecule has 8 heteroatoms. The molecule has 0 amide bonds. The number of rotatable bonds is 3. The molecule has 3 aromatic rings. The predicted molar refractivity (Wildman–Crippen MR) is 72.3 cm³/mol. The van der Waals surface area contributed by atoms with Gasteiger partial charge >= 0.3 is 5.69 Å². The highest BCUT2D eigenvalue weighted by Crippen LogP contribution is 2.16. The van der Waals surface area contributed by atoms with Crippen LogP contribution >= 0.6 is 11.6 Å². The number of nitrogens with zero attached hydrogens (tertiary/aromatic N) is 3. The van der Waals surface area contributed by atoms with Crippen molar-refractivity contribution in [3.63, 3.8) is 0 Å². The number of aromatic amines is 1. The molecule has 0 bridgehead atoms. The van der Waals surface area contributed by atoms with Gasteiger partial charge in [-0.1, -0.05) is 17.7 Å². The van der Waals surface area contributed by atoms with Gasteiger partial charge in [-0.05, 0) is 29.8 Å². The van der Waals surface area contributed by atoms with Gasteiger partial charge in [0.25, 0.3) is 0 Å². The number of aromatic nitrogens is 4. The van der Waals surface area contributed by atoms with Crippen LogP contribution in [0.25, 0.3) is 5.65 Å². The Bertz CT molecular complexity index is 828. The van der Waals surface area contributed by atoms with Crippen molar-refractivity contribution in [2.75, 3.05) is 5.32 Å². The lowest BCUT2D eigenvalue weighted by Gasteiger charge is -2.06. The van der Waals surface area contributed by atoms with E-state index in [0.717, 1.165) is 10.1 Å². The van der Waals surface area contributed by atoms with Crippen LogP contribution < -0.4 is 11.0 Å². The van der Waals surface area contributed by atoms with Crippen molar-refractivity contribution in [2.24, 2.45) is 0 Å². The van der Waals surface area contributed by atoms with Crippen LogP contribution in [0.15, 0.2) is 35.1 Å². The molecule has 2 heterocycles. The van der Waals surface area contributed by atoms with E-state index in [4.69, 9.17) is 11.6 Å². The minimum absolute atomic E-state index is 0.0683. The second-order valence-corrected chi connectivity index (χ2v) is 4.53. The summed E-state index contributed by atoms with van der Waals surface area (Å²) in [6, 6.07) is 7.81. The van der Waals surface area contributed by atoms with E-state index >= 15 is 0 Å². The number of anilines is 1. The van der Waals surface area contributed by atoms with Crippen molar-refractivity contribution in [1.82, 2.24) is 19.8 Å². The summed E-state index contributed by atoms with van der Waals surface area (Å²) in [6.45, 7) is 0.408. The van der Waals surface area contributed by atoms with Crippen molar-refractivity contribution in [1.29, 1.82) is 0 Å². The van der Waals surface area contributed by atoms with E-state index in [-0.39, 0.29) is 5.02 Å². The first-order valence-corrected chi connectivity index (χ1v) is 6.13. The predicted octanol–water partition coefficient (Wildman–Crippen LogP) is 1.82. The molecule has 0 fully saturated rings. The lowest BCUT2D eigenvalue weighted by atomic mass is 10.2. The highest BCUT2D eigenvalue weighted by molar-refractivity contribution is 6.30. The molecular weight excluding hydrogens is 285 g/mol. The standard InChI is InChI=1S/C12H9ClFN5O/c13-8-5-7(1-2-9(8)14)6-15-10-3-4-11-16-17-12(20)19(11)18-10/h1-5H,6H2,(H,15,18)(H,17,20). The van der Waals surface area contributed by atoms with E-state index in [9.17, 15) is 9.18 Å². The maximum atomic E-state index is 13.0. The Kier molecular flexibility index (Phi) is 3.11. The van der Waals surface area contributed by atoms with Crippen molar-refractivity contribution in [3.05, 3.63) is 57.2 Å². The van der Waals surface area contributed by atoms with Gasteiger partial charge < -0.3 is 5.32 Å². The van der Waals surface area contributed by atoms with Crippen molar-refractivity contribution >= 4 is 23.1 Å². The van der Waals surface area contributed by atoms with E-state index < -0.39 is 11.5 Å². The summed E-state index contributed by atoms with van der Waals surface area (Å²) < 4.78 is 14.2. The zero-order chi connectivity index (χ0) is 14.1. The van der Waals surface area contributed by atoms with E-state index in [0.29, 0.717) is 18.0 Å². The third-order valence-electron chi connectivity index (χ3n) is 2.73. The van der Waals surface area contributed by atoms with Crippen LogP contribution in [0, 0.1) is 5.82 Å². The number of hydrogen-bond donors (Lipinski definition) is 2. The molecule has 6 nitrogen and oxygen atoms in total. The lowest BCUT2D eigenvalue weighted by Crippen LogP contribution is -2.14. The van der Waals surface area contributed by atoms with Crippen LogP contribution in [0.5, 0.6) is 0 Å². The fourth-order valence-electron chi connectivity index (χ4n) is 1.74. The molecule has 2 aromatic heterocycles. The first-order valence-electron chi connectivity index (χ1n) is 5.76. The Hall–Kier alpha value is -2.41. The van der Waals surface area contributed by atoms with E-state index in [1.807, 2.05) is 0 Å². The Morgan fingerprint density at radius 3 is 3.00 bits per heavy atom. The molecule has 0 saturated carbocycles. The van der Waals surface area contributed by atoms with Crippen molar-refractivity contribution in [3.8, 4) is 0 Å². The number of H-pyrrole nitrogens is 1. The molecular formula is C12H9ClFN5O. The van der Waals surface area contributed by atoms with E-state index in [1.165, 1.54) is 12.1 Å². The van der Waals surface area contributed by atoms with Gasteiger partial charge in [0.2, 0.25) is 0 Å². The summed E-state index contributed by atoms with van der Waals surface area (Å²) in [5, 5.41) is 13.2. The molecule has 0 saturated heterocycles. The average molecular weight is 294 g/mol. The zero-order valence-electron chi connectivity index (χ0n) is 10.1. The van der Waals surface area contributed by atoms with Gasteiger partial charge in [-0.2, -0.15) is 9.61 Å². The van der Waals surface area contributed by atoms with Crippen molar-refractivity contribution < 1.29 is 4.39 Å². The third kappa shape index (κ3) is 2.35. The first kappa shape index (κ1) is 12.6. The SMILES string of the molecule is O=c1[nH]nc2ccc(NCc3ccc(F)c(Cl)c3)nn12. The van der Waals surface area contributed by atoms with Gasteiger partial charge in [0.15, 0.2) is 5.65 Å². The van der Waals surface area contributed by atoms with Gasteiger partial charge in [-0.3, -0.25) is 0 Å². The minimum Gasteiger partial charge on any atom is -0.365 e. The summed E-state index contributed by atoms with van der Waals surface area (Å²) in [7, 11) is 0. The van der Waals surface area contributed by atoms with Gasteiger partial charge in [0.1, 0.15) is 11.6 Å². The van der Waals surface area contributed by atoms with Gasteiger partial charge in [0.05, 0.1) is 5.02 Å². The monoisotopic (exact) mass is 293 g/mol. The Labute approximate surface area is 117 Å². The first-order chi connectivity index (χ1) is 9.63. The molecule has 0 aliphatic heterocycles. The summed E-state index contributed by atoms with van der Waals surface area (Å²) in [5.74, 6) is 0.0429. The highest BCUT2D eigenvalue weighted by atomic mass is 35.5. The van der Waals surface area contributed by atoms with E-state index in [1.54, 1.807) is 18.2 Å². The Balaban J connectivity index is 1.80.